The molecule has 0 aliphatic carbocycles. The normalized spacial score (nSPS) is 17.5. The number of hydrogen-bond acceptors (Lipinski definition) is 5. The van der Waals surface area contributed by atoms with Gasteiger partial charge in [-0.05, 0) is 47.5 Å². The van der Waals surface area contributed by atoms with E-state index in [1.54, 1.807) is 47.4 Å². The largest absolute Gasteiger partial charge is 0.497 e. The lowest BCUT2D eigenvalue weighted by molar-refractivity contribution is -0.121. The summed E-state index contributed by atoms with van der Waals surface area (Å²) in [5.74, 6) is 0.0186. The molecule has 1 atom stereocenters. The van der Waals surface area contributed by atoms with Crippen molar-refractivity contribution in [3.63, 3.8) is 0 Å². The number of fused-ring (bicyclic) bond motifs is 2. The molecule has 166 valence electrons. The molecule has 0 bridgehead atoms. The maximum Gasteiger partial charge on any atom is 0.256 e. The predicted octanol–water partition coefficient (Wildman–Crippen LogP) is 2.68. The van der Waals surface area contributed by atoms with Crippen molar-refractivity contribution in [1.82, 2.24) is 14.8 Å². The molecule has 2 aliphatic heterocycles. The van der Waals surface area contributed by atoms with Gasteiger partial charge in [-0.15, -0.1) is 0 Å². The summed E-state index contributed by atoms with van der Waals surface area (Å²) < 4.78 is 5.21. The molecule has 1 aromatic heterocycles. The molecule has 33 heavy (non-hydrogen) atoms. The first-order chi connectivity index (χ1) is 16.0. The van der Waals surface area contributed by atoms with E-state index in [-0.39, 0.29) is 30.8 Å². The number of nitrogens with one attached hydrogen (secondary N) is 1. The monoisotopic (exact) mass is 442 g/mol. The lowest BCUT2D eigenvalue weighted by atomic mass is 10.0. The molecule has 2 aliphatic rings. The molecule has 8 nitrogen and oxygen atoms in total. The molecule has 5 rings (SSSR count). The molecular formula is C25H22N4O4. The number of benzene rings is 2. The molecule has 8 heteroatoms. The van der Waals surface area contributed by atoms with Gasteiger partial charge in [-0.1, -0.05) is 18.2 Å². The first-order valence-corrected chi connectivity index (χ1v) is 10.6. The molecule has 3 aromatic rings. The lowest BCUT2D eigenvalue weighted by Crippen LogP contribution is -2.59. The lowest BCUT2D eigenvalue weighted by Gasteiger charge is -2.39. The van der Waals surface area contributed by atoms with Crippen molar-refractivity contribution in [2.24, 2.45) is 0 Å². The second-order valence-electron chi connectivity index (χ2n) is 7.99. The first kappa shape index (κ1) is 20.7. The number of carbonyl (C=O) groups excluding carboxylic acids is 3. The van der Waals surface area contributed by atoms with Crippen LogP contribution in [0.5, 0.6) is 5.75 Å². The summed E-state index contributed by atoms with van der Waals surface area (Å²) in [7, 11) is 1.61. The van der Waals surface area contributed by atoms with Crippen LogP contribution >= 0.6 is 0 Å². The van der Waals surface area contributed by atoms with Crippen molar-refractivity contribution in [1.29, 1.82) is 0 Å². The topological polar surface area (TPSA) is 91.8 Å². The van der Waals surface area contributed by atoms with Gasteiger partial charge in [0.05, 0.1) is 30.5 Å². The van der Waals surface area contributed by atoms with Crippen LogP contribution in [0.25, 0.3) is 11.1 Å². The van der Waals surface area contributed by atoms with Crippen LogP contribution in [0.2, 0.25) is 0 Å². The van der Waals surface area contributed by atoms with E-state index in [9.17, 15) is 14.4 Å². The number of piperazine rings is 1. The predicted molar refractivity (Wildman–Crippen MR) is 122 cm³/mol. The van der Waals surface area contributed by atoms with Gasteiger partial charge >= 0.3 is 0 Å². The molecule has 3 heterocycles. The fourth-order valence-electron chi connectivity index (χ4n) is 4.27. The third-order valence-electron chi connectivity index (χ3n) is 6.07. The van der Waals surface area contributed by atoms with Gasteiger partial charge in [0, 0.05) is 25.5 Å². The van der Waals surface area contributed by atoms with Crippen molar-refractivity contribution in [2.45, 2.75) is 6.04 Å². The number of rotatable bonds is 3. The first-order valence-electron chi connectivity index (χ1n) is 10.6. The van der Waals surface area contributed by atoms with Gasteiger partial charge in [0.2, 0.25) is 5.91 Å². The molecule has 0 radical (unpaired) electrons. The number of hydrogen-bond donors (Lipinski definition) is 1. The highest BCUT2D eigenvalue weighted by molar-refractivity contribution is 6.11. The summed E-state index contributed by atoms with van der Waals surface area (Å²) in [6.45, 7) is 0.747. The van der Waals surface area contributed by atoms with Crippen molar-refractivity contribution in [3.05, 3.63) is 78.1 Å². The highest BCUT2D eigenvalue weighted by Crippen LogP contribution is 2.31. The maximum atomic E-state index is 13.4. The Kier molecular flexibility index (Phi) is 5.26. The molecule has 0 spiro atoms. The van der Waals surface area contributed by atoms with Crippen LogP contribution in [-0.2, 0) is 4.79 Å². The van der Waals surface area contributed by atoms with Crippen LogP contribution in [0.3, 0.4) is 0 Å². The van der Waals surface area contributed by atoms with Crippen LogP contribution in [0, 0.1) is 0 Å². The number of methoxy groups -OCH3 is 1. The minimum atomic E-state index is -0.760. The number of anilines is 1. The van der Waals surface area contributed by atoms with E-state index in [1.165, 1.54) is 6.20 Å². The van der Waals surface area contributed by atoms with E-state index in [0.717, 1.165) is 16.9 Å². The third-order valence-corrected chi connectivity index (χ3v) is 6.07. The number of ether oxygens (including phenoxy) is 1. The molecule has 3 amide bonds. The van der Waals surface area contributed by atoms with Crippen LogP contribution in [0.4, 0.5) is 5.69 Å². The Hall–Kier alpha value is -4.20. The number of amides is 3. The minimum absolute atomic E-state index is 0.130. The molecule has 0 saturated carbocycles. The Morgan fingerprint density at radius 3 is 2.58 bits per heavy atom. The fourth-order valence-corrected chi connectivity index (χ4v) is 4.27. The van der Waals surface area contributed by atoms with Crippen molar-refractivity contribution >= 4 is 23.4 Å². The number of carbonyl (C=O) groups is 3. The number of pyridine rings is 1. The summed E-state index contributed by atoms with van der Waals surface area (Å²) in [6, 6.07) is 15.6. The zero-order valence-corrected chi connectivity index (χ0v) is 18.0. The third kappa shape index (κ3) is 3.80. The van der Waals surface area contributed by atoms with Crippen LogP contribution < -0.4 is 10.1 Å². The van der Waals surface area contributed by atoms with E-state index in [0.29, 0.717) is 23.4 Å². The molecular weight excluding hydrogens is 420 g/mol. The summed E-state index contributed by atoms with van der Waals surface area (Å²) in [5.41, 5.74) is 3.17. The highest BCUT2D eigenvalue weighted by atomic mass is 16.5. The van der Waals surface area contributed by atoms with Crippen LogP contribution in [-0.4, -0.2) is 65.3 Å². The Morgan fingerprint density at radius 1 is 1.06 bits per heavy atom. The molecule has 1 saturated heterocycles. The Balaban J connectivity index is 1.42. The van der Waals surface area contributed by atoms with E-state index in [2.05, 4.69) is 10.3 Å². The molecule has 1 fully saturated rings. The molecule has 2 aromatic carbocycles. The summed E-state index contributed by atoms with van der Waals surface area (Å²) in [6.07, 6.45) is 3.10. The highest BCUT2D eigenvalue weighted by Gasteiger charge is 2.40. The summed E-state index contributed by atoms with van der Waals surface area (Å²) in [5, 5.41) is 2.88. The van der Waals surface area contributed by atoms with Crippen LogP contribution in [0.1, 0.15) is 20.7 Å². The number of nitrogens with zero attached hydrogens (tertiary/aromatic N) is 3. The second kappa shape index (κ2) is 8.38. The quantitative estimate of drug-likeness (QED) is 0.673. The smallest absolute Gasteiger partial charge is 0.256 e. The maximum absolute atomic E-state index is 13.4. The van der Waals surface area contributed by atoms with Gasteiger partial charge in [0.1, 0.15) is 11.8 Å². The van der Waals surface area contributed by atoms with E-state index in [1.807, 2.05) is 30.3 Å². The fraction of sp³-hybridized carbons (Fsp3) is 0.200. The van der Waals surface area contributed by atoms with Crippen LogP contribution in [0.15, 0.2) is 67.0 Å². The van der Waals surface area contributed by atoms with Gasteiger partial charge < -0.3 is 19.9 Å². The van der Waals surface area contributed by atoms with E-state index >= 15 is 0 Å². The van der Waals surface area contributed by atoms with Crippen molar-refractivity contribution < 1.29 is 19.1 Å². The van der Waals surface area contributed by atoms with E-state index in [4.69, 9.17) is 4.74 Å². The summed E-state index contributed by atoms with van der Waals surface area (Å²) in [4.78, 5) is 46.5. The van der Waals surface area contributed by atoms with Crippen molar-refractivity contribution in [2.75, 3.05) is 32.1 Å². The molecule has 1 unspecified atom stereocenters. The zero-order chi connectivity index (χ0) is 22.9. The average molecular weight is 442 g/mol. The SMILES string of the molecule is COc1ccc(-c2ccc3c(c2)C(=O)N2CCN(C(=O)c4cccnc4)CC2C(=O)N3)cc1. The standard InChI is InChI=1S/C25H22N4O4/c1-33-19-7-4-16(5-8-19)17-6-9-21-20(13-17)25(32)29-12-11-28(15-22(29)23(30)27-21)24(31)18-3-2-10-26-14-18/h2-10,13-14,22H,11-12,15H2,1H3,(H,27,30). The Labute approximate surface area is 190 Å². The average Bonchev–Trinajstić information content (AvgIpc) is 2.98. The van der Waals surface area contributed by atoms with Gasteiger partial charge in [0.15, 0.2) is 0 Å². The zero-order valence-electron chi connectivity index (χ0n) is 18.0. The Bertz CT molecular complexity index is 1230. The number of aromatic nitrogens is 1. The molecule has 1 N–H and O–H groups in total. The van der Waals surface area contributed by atoms with Gasteiger partial charge in [-0.25, -0.2) is 0 Å². The van der Waals surface area contributed by atoms with Gasteiger partial charge in [0.25, 0.3) is 11.8 Å². The van der Waals surface area contributed by atoms with Gasteiger partial charge in [-0.3, -0.25) is 19.4 Å². The summed E-state index contributed by atoms with van der Waals surface area (Å²) >= 11 is 0. The second-order valence-corrected chi connectivity index (χ2v) is 7.99. The Morgan fingerprint density at radius 2 is 1.85 bits per heavy atom. The van der Waals surface area contributed by atoms with E-state index < -0.39 is 6.04 Å². The van der Waals surface area contributed by atoms with Gasteiger partial charge in [-0.2, -0.15) is 0 Å². The minimum Gasteiger partial charge on any atom is -0.497 e. The van der Waals surface area contributed by atoms with Crippen molar-refractivity contribution in [3.8, 4) is 16.9 Å².